The van der Waals surface area contributed by atoms with Crippen molar-refractivity contribution in [2.75, 3.05) is 32.1 Å². The molecule has 0 aromatic heterocycles. The first kappa shape index (κ1) is 15.9. The van der Waals surface area contributed by atoms with Gasteiger partial charge in [-0.3, -0.25) is 4.79 Å². The molecular weight excluding hydrogens is 308 g/mol. The molecule has 1 aliphatic rings. The Kier molecular flexibility index (Phi) is 4.59. The smallest absolute Gasteiger partial charge is 0.307 e. The molecule has 0 atom stereocenters. The number of hydrogen-bond donors (Lipinski definition) is 1. The number of para-hydroxylation sites is 1. The molecule has 0 fully saturated rings. The molecule has 5 heteroatoms. The van der Waals surface area contributed by atoms with Crippen molar-refractivity contribution in [2.24, 2.45) is 0 Å². The standard InChI is InChI=1S/C18H20N2O2S/c1-19(2)9-10-20-14-5-3-4-6-16(14)23-17-8-7-13(11-15(17)20)12-18(21)22/h3-8,11H,9-10,12H2,1-2H3,(H,21,22). The molecule has 23 heavy (non-hydrogen) atoms. The van der Waals surface area contributed by atoms with Gasteiger partial charge in [-0.05, 0) is 43.9 Å². The van der Waals surface area contributed by atoms with E-state index in [0.717, 1.165) is 24.3 Å². The second-order valence-electron chi connectivity index (χ2n) is 5.90. The number of carboxylic acids is 1. The van der Waals surface area contributed by atoms with Gasteiger partial charge in [-0.25, -0.2) is 0 Å². The summed E-state index contributed by atoms with van der Waals surface area (Å²) in [7, 11) is 4.12. The molecule has 120 valence electrons. The highest BCUT2D eigenvalue weighted by atomic mass is 32.2. The topological polar surface area (TPSA) is 43.8 Å². The number of nitrogens with zero attached hydrogens (tertiary/aromatic N) is 2. The summed E-state index contributed by atoms with van der Waals surface area (Å²) in [5.41, 5.74) is 3.14. The summed E-state index contributed by atoms with van der Waals surface area (Å²) in [6, 6.07) is 14.3. The van der Waals surface area contributed by atoms with E-state index in [-0.39, 0.29) is 6.42 Å². The van der Waals surface area contributed by atoms with Crippen molar-refractivity contribution in [2.45, 2.75) is 16.2 Å². The second kappa shape index (κ2) is 6.64. The Hall–Kier alpha value is -1.98. The van der Waals surface area contributed by atoms with Crippen molar-refractivity contribution in [3.05, 3.63) is 48.0 Å². The van der Waals surface area contributed by atoms with Gasteiger partial charge >= 0.3 is 5.97 Å². The number of benzene rings is 2. The SMILES string of the molecule is CN(C)CCN1c2ccccc2Sc2ccc(CC(=O)O)cc21. The van der Waals surface area contributed by atoms with Crippen molar-refractivity contribution in [3.63, 3.8) is 0 Å². The van der Waals surface area contributed by atoms with Crippen molar-refractivity contribution in [3.8, 4) is 0 Å². The molecule has 1 heterocycles. The lowest BCUT2D eigenvalue weighted by molar-refractivity contribution is -0.136. The summed E-state index contributed by atoms with van der Waals surface area (Å²) in [5, 5.41) is 9.05. The first-order valence-electron chi connectivity index (χ1n) is 7.58. The predicted molar refractivity (Wildman–Crippen MR) is 93.9 cm³/mol. The Bertz CT molecular complexity index is 731. The van der Waals surface area contributed by atoms with E-state index < -0.39 is 5.97 Å². The lowest BCUT2D eigenvalue weighted by atomic mass is 10.1. The average molecular weight is 328 g/mol. The number of fused-ring (bicyclic) bond motifs is 2. The molecule has 0 saturated carbocycles. The summed E-state index contributed by atoms with van der Waals surface area (Å²) in [6.45, 7) is 1.80. The van der Waals surface area contributed by atoms with Gasteiger partial charge in [0.15, 0.2) is 0 Å². The van der Waals surface area contributed by atoms with Crippen LogP contribution < -0.4 is 4.90 Å². The van der Waals surface area contributed by atoms with Crippen LogP contribution in [-0.4, -0.2) is 43.2 Å². The van der Waals surface area contributed by atoms with E-state index >= 15 is 0 Å². The second-order valence-corrected chi connectivity index (χ2v) is 6.98. The zero-order valence-corrected chi connectivity index (χ0v) is 14.1. The molecular formula is C18H20N2O2S. The summed E-state index contributed by atoms with van der Waals surface area (Å²) in [5.74, 6) is -0.798. The van der Waals surface area contributed by atoms with Crippen LogP contribution in [0, 0.1) is 0 Å². The summed E-state index contributed by atoms with van der Waals surface area (Å²) >= 11 is 1.75. The third kappa shape index (κ3) is 3.51. The fourth-order valence-corrected chi connectivity index (χ4v) is 3.78. The number of hydrogen-bond acceptors (Lipinski definition) is 4. The molecule has 1 aliphatic heterocycles. The highest BCUT2D eigenvalue weighted by Gasteiger charge is 2.23. The molecule has 0 amide bonds. The first-order chi connectivity index (χ1) is 11.0. The van der Waals surface area contributed by atoms with Gasteiger partial charge in [0.1, 0.15) is 0 Å². The average Bonchev–Trinajstić information content (AvgIpc) is 2.51. The molecule has 0 radical (unpaired) electrons. The van der Waals surface area contributed by atoms with Crippen LogP contribution in [0.4, 0.5) is 11.4 Å². The normalized spacial score (nSPS) is 12.9. The Balaban J connectivity index is 2.00. The summed E-state index contributed by atoms with van der Waals surface area (Å²) in [4.78, 5) is 17.9. The maximum absolute atomic E-state index is 11.0. The fourth-order valence-electron chi connectivity index (χ4n) is 2.70. The van der Waals surface area contributed by atoms with E-state index in [2.05, 4.69) is 42.1 Å². The van der Waals surface area contributed by atoms with E-state index in [9.17, 15) is 4.79 Å². The van der Waals surface area contributed by atoms with Gasteiger partial charge in [-0.1, -0.05) is 30.0 Å². The van der Waals surface area contributed by atoms with E-state index in [4.69, 9.17) is 5.11 Å². The van der Waals surface area contributed by atoms with E-state index in [1.807, 2.05) is 24.3 Å². The molecule has 2 aromatic carbocycles. The zero-order valence-electron chi connectivity index (χ0n) is 13.3. The number of carbonyl (C=O) groups is 1. The van der Waals surface area contributed by atoms with E-state index in [1.54, 1.807) is 11.8 Å². The van der Waals surface area contributed by atoms with Crippen molar-refractivity contribution in [1.82, 2.24) is 4.90 Å². The summed E-state index contributed by atoms with van der Waals surface area (Å²) in [6.07, 6.45) is 0.0567. The third-order valence-electron chi connectivity index (χ3n) is 3.82. The summed E-state index contributed by atoms with van der Waals surface area (Å²) < 4.78 is 0. The van der Waals surface area contributed by atoms with Gasteiger partial charge in [0, 0.05) is 22.9 Å². The van der Waals surface area contributed by atoms with Crippen LogP contribution in [0.15, 0.2) is 52.3 Å². The lowest BCUT2D eigenvalue weighted by Gasteiger charge is -2.33. The van der Waals surface area contributed by atoms with Gasteiger partial charge in [0.05, 0.1) is 17.8 Å². The molecule has 0 aliphatic carbocycles. The molecule has 0 bridgehead atoms. The van der Waals surface area contributed by atoms with Gasteiger partial charge < -0.3 is 14.9 Å². The molecule has 1 N–H and O–H groups in total. The quantitative estimate of drug-likeness (QED) is 0.910. The zero-order chi connectivity index (χ0) is 16.4. The van der Waals surface area contributed by atoms with E-state index in [1.165, 1.54) is 15.5 Å². The molecule has 0 saturated heterocycles. The Morgan fingerprint density at radius 3 is 2.61 bits per heavy atom. The maximum Gasteiger partial charge on any atom is 0.307 e. The van der Waals surface area contributed by atoms with Crippen LogP contribution in [-0.2, 0) is 11.2 Å². The lowest BCUT2D eigenvalue weighted by Crippen LogP contribution is -2.30. The molecule has 4 nitrogen and oxygen atoms in total. The van der Waals surface area contributed by atoms with Crippen LogP contribution in [0.25, 0.3) is 0 Å². The van der Waals surface area contributed by atoms with Crippen LogP contribution in [0.5, 0.6) is 0 Å². The Labute approximate surface area is 140 Å². The van der Waals surface area contributed by atoms with Gasteiger partial charge in [0.25, 0.3) is 0 Å². The molecule has 3 rings (SSSR count). The Morgan fingerprint density at radius 1 is 1.13 bits per heavy atom. The Morgan fingerprint density at radius 2 is 1.87 bits per heavy atom. The third-order valence-corrected chi connectivity index (χ3v) is 4.95. The molecule has 0 spiro atoms. The largest absolute Gasteiger partial charge is 0.481 e. The first-order valence-corrected chi connectivity index (χ1v) is 8.40. The van der Waals surface area contributed by atoms with Crippen LogP contribution in [0.2, 0.25) is 0 Å². The van der Waals surface area contributed by atoms with Gasteiger partial charge in [0.2, 0.25) is 0 Å². The highest BCUT2D eigenvalue weighted by molar-refractivity contribution is 7.99. The van der Waals surface area contributed by atoms with Crippen molar-refractivity contribution in [1.29, 1.82) is 0 Å². The highest BCUT2D eigenvalue weighted by Crippen LogP contribution is 2.48. The molecule has 2 aromatic rings. The minimum atomic E-state index is -0.798. The number of rotatable bonds is 5. The van der Waals surface area contributed by atoms with Crippen LogP contribution in [0.3, 0.4) is 0 Å². The van der Waals surface area contributed by atoms with Gasteiger partial charge in [-0.2, -0.15) is 0 Å². The number of aliphatic carboxylic acids is 1. The van der Waals surface area contributed by atoms with Crippen LogP contribution >= 0.6 is 11.8 Å². The van der Waals surface area contributed by atoms with Gasteiger partial charge in [-0.15, -0.1) is 0 Å². The monoisotopic (exact) mass is 328 g/mol. The molecule has 0 unspecified atom stereocenters. The maximum atomic E-state index is 11.0. The van der Waals surface area contributed by atoms with Crippen molar-refractivity contribution < 1.29 is 9.90 Å². The predicted octanol–water partition coefficient (Wildman–Crippen LogP) is 3.48. The van der Waals surface area contributed by atoms with E-state index in [0.29, 0.717) is 0 Å². The van der Waals surface area contributed by atoms with Crippen LogP contribution in [0.1, 0.15) is 5.56 Å². The number of likely N-dealkylation sites (N-methyl/N-ethyl adjacent to an activating group) is 1. The minimum absolute atomic E-state index is 0.0567. The fraction of sp³-hybridized carbons (Fsp3) is 0.278. The number of carboxylic acid groups (broad SMARTS) is 1. The number of anilines is 2. The van der Waals surface area contributed by atoms with Crippen molar-refractivity contribution >= 4 is 29.1 Å². The minimum Gasteiger partial charge on any atom is -0.481 e.